The maximum absolute atomic E-state index is 11.2. The van der Waals surface area contributed by atoms with Crippen molar-refractivity contribution in [2.45, 2.75) is 13.8 Å². The van der Waals surface area contributed by atoms with Crippen LogP contribution < -0.4 is 0 Å². The summed E-state index contributed by atoms with van der Waals surface area (Å²) in [5.41, 5.74) is -0.0640. The van der Waals surface area contributed by atoms with Gasteiger partial charge in [0.25, 0.3) is 0 Å². The smallest absolute Gasteiger partial charge is 0.358 e. The highest BCUT2D eigenvalue weighted by Gasteiger charge is 2.13. The standard InChI is InChI=1S/C8H10Cl2N2O2/c1-4-14-7(13)6(5(2)9)12-8(10)11-3/h3-4H2,1-2H3/b6-5+,12-8-. The zero-order valence-electron chi connectivity index (χ0n) is 7.88. The van der Waals surface area contributed by atoms with Gasteiger partial charge < -0.3 is 4.74 Å². The lowest BCUT2D eigenvalue weighted by molar-refractivity contribution is -0.138. The maximum atomic E-state index is 11.2. The van der Waals surface area contributed by atoms with E-state index in [4.69, 9.17) is 27.9 Å². The summed E-state index contributed by atoms with van der Waals surface area (Å²) in [6, 6.07) is 0. The predicted octanol–water partition coefficient (Wildman–Crippen LogP) is 2.32. The number of ether oxygens (including phenoxy) is 1. The molecule has 0 spiro atoms. The van der Waals surface area contributed by atoms with Gasteiger partial charge in [0.2, 0.25) is 5.29 Å². The van der Waals surface area contributed by atoms with Crippen LogP contribution in [0, 0.1) is 0 Å². The summed E-state index contributed by atoms with van der Waals surface area (Å²) in [5, 5.41) is 0.0262. The van der Waals surface area contributed by atoms with Crippen LogP contribution >= 0.6 is 23.2 Å². The van der Waals surface area contributed by atoms with Crippen molar-refractivity contribution in [3.8, 4) is 0 Å². The fraction of sp³-hybridized carbons (Fsp3) is 0.375. The molecule has 14 heavy (non-hydrogen) atoms. The van der Waals surface area contributed by atoms with E-state index in [1.54, 1.807) is 6.92 Å². The van der Waals surface area contributed by atoms with Crippen molar-refractivity contribution in [2.75, 3.05) is 6.61 Å². The Kier molecular flexibility index (Phi) is 6.16. The summed E-state index contributed by atoms with van der Waals surface area (Å²) in [7, 11) is 0. The number of nitrogens with zero attached hydrogens (tertiary/aromatic N) is 2. The van der Waals surface area contributed by atoms with Crippen LogP contribution in [0.15, 0.2) is 20.7 Å². The van der Waals surface area contributed by atoms with Gasteiger partial charge in [0, 0.05) is 5.03 Å². The third-order valence-corrected chi connectivity index (χ3v) is 1.51. The molecule has 0 aliphatic rings. The number of esters is 1. The molecule has 0 aliphatic carbocycles. The minimum Gasteiger partial charge on any atom is -0.461 e. The molecule has 0 aliphatic heterocycles. The number of rotatable bonds is 3. The highest BCUT2D eigenvalue weighted by atomic mass is 35.5. The van der Waals surface area contributed by atoms with Crippen LogP contribution in [0.1, 0.15) is 13.8 Å². The quantitative estimate of drug-likeness (QED) is 0.248. The van der Waals surface area contributed by atoms with Gasteiger partial charge in [-0.3, -0.25) is 0 Å². The minimum atomic E-state index is -0.637. The number of allylic oxidation sites excluding steroid dienone is 1. The summed E-state index contributed by atoms with van der Waals surface area (Å²) in [5.74, 6) is -0.637. The van der Waals surface area contributed by atoms with E-state index < -0.39 is 5.97 Å². The first-order valence-electron chi connectivity index (χ1n) is 3.77. The highest BCUT2D eigenvalue weighted by Crippen LogP contribution is 2.13. The molecule has 4 nitrogen and oxygen atoms in total. The van der Waals surface area contributed by atoms with Gasteiger partial charge in [0.15, 0.2) is 5.70 Å². The first kappa shape index (κ1) is 13.1. The number of hydrogen-bond acceptors (Lipinski definition) is 3. The van der Waals surface area contributed by atoms with Crippen LogP contribution in [0.25, 0.3) is 0 Å². The molecule has 0 radical (unpaired) electrons. The molecule has 0 saturated carbocycles. The Labute approximate surface area is 92.3 Å². The number of halogens is 2. The van der Waals surface area contributed by atoms with E-state index in [1.807, 2.05) is 0 Å². The number of amidine groups is 1. The van der Waals surface area contributed by atoms with E-state index in [2.05, 4.69) is 16.7 Å². The van der Waals surface area contributed by atoms with Crippen molar-refractivity contribution in [3.05, 3.63) is 10.7 Å². The predicted molar refractivity (Wildman–Crippen MR) is 58.0 cm³/mol. The zero-order valence-corrected chi connectivity index (χ0v) is 9.39. The fourth-order valence-electron chi connectivity index (χ4n) is 0.590. The molecule has 0 unspecified atom stereocenters. The molecule has 0 heterocycles. The summed E-state index contributed by atoms with van der Waals surface area (Å²) >= 11 is 11.1. The second-order valence-electron chi connectivity index (χ2n) is 2.14. The van der Waals surface area contributed by atoms with E-state index in [0.29, 0.717) is 0 Å². The fourth-order valence-corrected chi connectivity index (χ4v) is 0.794. The number of carbonyl (C=O) groups excluding carboxylic acids is 1. The van der Waals surface area contributed by atoms with Gasteiger partial charge in [-0.15, -0.1) is 0 Å². The molecule has 78 valence electrons. The van der Waals surface area contributed by atoms with E-state index in [1.165, 1.54) is 6.92 Å². The topological polar surface area (TPSA) is 51.0 Å². The van der Waals surface area contributed by atoms with Gasteiger partial charge in [-0.1, -0.05) is 11.6 Å². The first-order chi connectivity index (χ1) is 6.52. The molecule has 0 aromatic rings. The Morgan fingerprint density at radius 2 is 2.07 bits per heavy atom. The van der Waals surface area contributed by atoms with Crippen molar-refractivity contribution < 1.29 is 9.53 Å². The van der Waals surface area contributed by atoms with E-state index >= 15 is 0 Å². The summed E-state index contributed by atoms with van der Waals surface area (Å²) in [6.45, 7) is 6.57. The Morgan fingerprint density at radius 1 is 1.50 bits per heavy atom. The maximum Gasteiger partial charge on any atom is 0.358 e. The number of carbonyl (C=O) groups is 1. The number of hydrogen-bond donors (Lipinski definition) is 0. The molecule has 0 atom stereocenters. The van der Waals surface area contributed by atoms with Gasteiger partial charge in [-0.25, -0.2) is 14.8 Å². The molecule has 6 heteroatoms. The second-order valence-corrected chi connectivity index (χ2v) is 3.05. The SMILES string of the molecule is C=N/C(Cl)=N\C(C(=O)OCC)=C(/C)Cl. The summed E-state index contributed by atoms with van der Waals surface area (Å²) in [6.07, 6.45) is 0. The molecule has 0 rings (SSSR count). The molecular weight excluding hydrogens is 227 g/mol. The third kappa shape index (κ3) is 4.39. The van der Waals surface area contributed by atoms with Crippen molar-refractivity contribution in [1.29, 1.82) is 0 Å². The molecule has 0 amide bonds. The molecule has 0 aromatic carbocycles. The van der Waals surface area contributed by atoms with Gasteiger partial charge in [0.1, 0.15) is 0 Å². The van der Waals surface area contributed by atoms with E-state index in [-0.39, 0.29) is 22.6 Å². The lowest BCUT2D eigenvalue weighted by atomic mass is 10.4. The summed E-state index contributed by atoms with van der Waals surface area (Å²) < 4.78 is 4.70. The molecular formula is C8H10Cl2N2O2. The van der Waals surface area contributed by atoms with Crippen LogP contribution in [0.5, 0.6) is 0 Å². The molecule has 0 saturated heterocycles. The van der Waals surface area contributed by atoms with Crippen LogP contribution in [-0.2, 0) is 9.53 Å². The van der Waals surface area contributed by atoms with Crippen molar-refractivity contribution >= 4 is 41.2 Å². The van der Waals surface area contributed by atoms with E-state index in [0.717, 1.165) is 0 Å². The van der Waals surface area contributed by atoms with Crippen molar-refractivity contribution in [3.63, 3.8) is 0 Å². The van der Waals surface area contributed by atoms with Gasteiger partial charge >= 0.3 is 5.97 Å². The molecule has 0 aromatic heterocycles. The molecule has 0 fully saturated rings. The largest absolute Gasteiger partial charge is 0.461 e. The van der Waals surface area contributed by atoms with Gasteiger partial charge in [0.05, 0.1) is 6.61 Å². The average Bonchev–Trinajstić information content (AvgIpc) is 2.13. The van der Waals surface area contributed by atoms with Crippen molar-refractivity contribution in [1.82, 2.24) is 0 Å². The Morgan fingerprint density at radius 3 is 2.43 bits per heavy atom. The monoisotopic (exact) mass is 236 g/mol. The first-order valence-corrected chi connectivity index (χ1v) is 4.52. The van der Waals surface area contributed by atoms with Gasteiger partial charge in [-0.05, 0) is 32.2 Å². The Hall–Kier alpha value is -0.870. The lowest BCUT2D eigenvalue weighted by Crippen LogP contribution is -2.07. The van der Waals surface area contributed by atoms with Crippen molar-refractivity contribution in [2.24, 2.45) is 9.98 Å². The molecule has 0 N–H and O–H groups in total. The van der Waals surface area contributed by atoms with Gasteiger partial charge in [-0.2, -0.15) is 0 Å². The Bertz CT molecular complexity index is 294. The second kappa shape index (κ2) is 6.56. The third-order valence-electron chi connectivity index (χ3n) is 1.13. The van der Waals surface area contributed by atoms with Crippen LogP contribution in [-0.4, -0.2) is 24.6 Å². The Balaban J connectivity index is 4.91. The highest BCUT2D eigenvalue weighted by molar-refractivity contribution is 6.65. The van der Waals surface area contributed by atoms with E-state index in [9.17, 15) is 4.79 Å². The normalized spacial score (nSPS) is 13.3. The van der Waals surface area contributed by atoms with Crippen LogP contribution in [0.2, 0.25) is 0 Å². The summed E-state index contributed by atoms with van der Waals surface area (Å²) in [4.78, 5) is 18.2. The lowest BCUT2D eigenvalue weighted by Gasteiger charge is -2.02. The average molecular weight is 237 g/mol. The minimum absolute atomic E-state index is 0.0640. The zero-order chi connectivity index (χ0) is 11.1. The molecule has 0 bridgehead atoms. The number of aliphatic imine (C=N–C) groups is 2. The van der Waals surface area contributed by atoms with Crippen LogP contribution in [0.3, 0.4) is 0 Å². The van der Waals surface area contributed by atoms with Crippen LogP contribution in [0.4, 0.5) is 0 Å².